The van der Waals surface area contributed by atoms with E-state index in [4.69, 9.17) is 5.26 Å². The molecule has 0 radical (unpaired) electrons. The van der Waals surface area contributed by atoms with E-state index in [2.05, 4.69) is 16.4 Å². The quantitative estimate of drug-likeness (QED) is 0.890. The summed E-state index contributed by atoms with van der Waals surface area (Å²) in [4.78, 5) is 4.52. The van der Waals surface area contributed by atoms with Gasteiger partial charge in [-0.3, -0.25) is 0 Å². The lowest BCUT2D eigenvalue weighted by atomic mass is 10.0. The number of aromatic nitrogens is 1. The number of pyridine rings is 1. The molecule has 0 unspecified atom stereocenters. The largest absolute Gasteiger partial charge is 0.370 e. The Morgan fingerprint density at radius 2 is 2.11 bits per heavy atom. The van der Waals surface area contributed by atoms with Crippen molar-refractivity contribution in [2.75, 3.05) is 11.9 Å². The molecular formula is C15H15N3. The highest BCUT2D eigenvalue weighted by Gasteiger charge is 2.04. The van der Waals surface area contributed by atoms with Crippen molar-refractivity contribution in [2.24, 2.45) is 0 Å². The molecule has 0 aliphatic carbocycles. The molecule has 3 nitrogen and oxygen atoms in total. The predicted molar refractivity (Wildman–Crippen MR) is 73.3 cm³/mol. The van der Waals surface area contributed by atoms with E-state index in [0.29, 0.717) is 5.56 Å². The molecule has 3 heteroatoms. The molecule has 90 valence electrons. The van der Waals surface area contributed by atoms with Gasteiger partial charge in [0.15, 0.2) is 0 Å². The zero-order chi connectivity index (χ0) is 13.0. The van der Waals surface area contributed by atoms with E-state index >= 15 is 0 Å². The summed E-state index contributed by atoms with van der Waals surface area (Å²) in [5.41, 5.74) is 3.54. The van der Waals surface area contributed by atoms with Crippen LogP contribution in [0, 0.1) is 18.3 Å². The first-order valence-electron chi connectivity index (χ1n) is 5.96. The van der Waals surface area contributed by atoms with Crippen molar-refractivity contribution in [1.29, 1.82) is 5.26 Å². The summed E-state index contributed by atoms with van der Waals surface area (Å²) in [7, 11) is 0. The third kappa shape index (κ3) is 2.49. The Morgan fingerprint density at radius 1 is 1.28 bits per heavy atom. The van der Waals surface area contributed by atoms with Gasteiger partial charge in [-0.15, -0.1) is 0 Å². The van der Waals surface area contributed by atoms with Crippen LogP contribution in [0.25, 0.3) is 11.3 Å². The first-order valence-corrected chi connectivity index (χ1v) is 5.96. The average molecular weight is 237 g/mol. The molecule has 2 aromatic rings. The molecule has 0 bridgehead atoms. The van der Waals surface area contributed by atoms with Gasteiger partial charge in [-0.25, -0.2) is 4.98 Å². The third-order valence-electron chi connectivity index (χ3n) is 2.76. The monoisotopic (exact) mass is 237 g/mol. The number of nitrogens with zero attached hydrogens (tertiary/aromatic N) is 2. The maximum absolute atomic E-state index is 9.05. The number of hydrogen-bond acceptors (Lipinski definition) is 3. The number of nitriles is 1. The van der Waals surface area contributed by atoms with Crippen LogP contribution in [0.15, 0.2) is 36.4 Å². The van der Waals surface area contributed by atoms with E-state index in [1.165, 1.54) is 0 Å². The second-order valence-corrected chi connectivity index (χ2v) is 4.08. The van der Waals surface area contributed by atoms with E-state index in [9.17, 15) is 0 Å². The van der Waals surface area contributed by atoms with Gasteiger partial charge in [0.1, 0.15) is 5.82 Å². The highest BCUT2D eigenvalue weighted by Crippen LogP contribution is 2.21. The van der Waals surface area contributed by atoms with Crippen molar-refractivity contribution >= 4 is 5.82 Å². The minimum absolute atomic E-state index is 0.697. The smallest absolute Gasteiger partial charge is 0.126 e. The molecule has 18 heavy (non-hydrogen) atoms. The van der Waals surface area contributed by atoms with Gasteiger partial charge < -0.3 is 5.32 Å². The molecular weight excluding hydrogens is 222 g/mol. The van der Waals surface area contributed by atoms with E-state index in [1.807, 2.05) is 50.2 Å². The molecule has 0 fully saturated rings. The zero-order valence-electron chi connectivity index (χ0n) is 10.6. The van der Waals surface area contributed by atoms with Crippen LogP contribution < -0.4 is 5.32 Å². The molecule has 1 N–H and O–H groups in total. The number of aryl methyl sites for hydroxylation is 1. The highest BCUT2D eigenvalue weighted by atomic mass is 15.0. The van der Waals surface area contributed by atoms with Gasteiger partial charge in [-0.2, -0.15) is 5.26 Å². The molecule has 0 atom stereocenters. The summed E-state index contributed by atoms with van der Waals surface area (Å²) in [5, 5.41) is 12.2. The van der Waals surface area contributed by atoms with Gasteiger partial charge in [0.2, 0.25) is 0 Å². The number of rotatable bonds is 3. The SMILES string of the molecule is CCNc1cccc(-c2ccc(C)c(C#N)c2)n1. The summed E-state index contributed by atoms with van der Waals surface area (Å²) in [6, 6.07) is 13.9. The third-order valence-corrected chi connectivity index (χ3v) is 2.76. The summed E-state index contributed by atoms with van der Waals surface area (Å²) >= 11 is 0. The fraction of sp³-hybridized carbons (Fsp3) is 0.200. The van der Waals surface area contributed by atoms with Crippen LogP contribution in [0.2, 0.25) is 0 Å². The summed E-state index contributed by atoms with van der Waals surface area (Å²) in [5.74, 6) is 0.856. The Morgan fingerprint density at radius 3 is 2.83 bits per heavy atom. The van der Waals surface area contributed by atoms with E-state index < -0.39 is 0 Å². The van der Waals surface area contributed by atoms with Gasteiger partial charge in [-0.05, 0) is 37.6 Å². The van der Waals surface area contributed by atoms with E-state index in [1.54, 1.807) is 0 Å². The summed E-state index contributed by atoms with van der Waals surface area (Å²) in [6.07, 6.45) is 0. The van der Waals surface area contributed by atoms with Crippen LogP contribution in [-0.2, 0) is 0 Å². The lowest BCUT2D eigenvalue weighted by Gasteiger charge is -2.06. The van der Waals surface area contributed by atoms with Crippen LogP contribution in [-0.4, -0.2) is 11.5 Å². The van der Waals surface area contributed by atoms with Gasteiger partial charge in [0, 0.05) is 12.1 Å². The molecule has 0 aliphatic rings. The number of nitrogens with one attached hydrogen (secondary N) is 1. The average Bonchev–Trinajstić information content (AvgIpc) is 2.40. The molecule has 1 heterocycles. The topological polar surface area (TPSA) is 48.7 Å². The van der Waals surface area contributed by atoms with Crippen LogP contribution in [0.5, 0.6) is 0 Å². The van der Waals surface area contributed by atoms with Crippen molar-refractivity contribution in [3.63, 3.8) is 0 Å². The molecule has 2 rings (SSSR count). The van der Waals surface area contributed by atoms with Crippen LogP contribution in [0.3, 0.4) is 0 Å². The van der Waals surface area contributed by atoms with Gasteiger partial charge in [0.25, 0.3) is 0 Å². The molecule has 0 saturated carbocycles. The van der Waals surface area contributed by atoms with Crippen molar-refractivity contribution in [2.45, 2.75) is 13.8 Å². The first-order chi connectivity index (χ1) is 8.74. The summed E-state index contributed by atoms with van der Waals surface area (Å²) < 4.78 is 0. The number of anilines is 1. The van der Waals surface area contributed by atoms with Crippen molar-refractivity contribution in [3.8, 4) is 17.3 Å². The number of hydrogen-bond donors (Lipinski definition) is 1. The molecule has 1 aromatic carbocycles. The lowest BCUT2D eigenvalue weighted by molar-refractivity contribution is 1.16. The second kappa shape index (κ2) is 5.33. The highest BCUT2D eigenvalue weighted by molar-refractivity contribution is 5.64. The van der Waals surface area contributed by atoms with Crippen molar-refractivity contribution in [3.05, 3.63) is 47.5 Å². The zero-order valence-corrected chi connectivity index (χ0v) is 10.6. The fourth-order valence-electron chi connectivity index (χ4n) is 1.78. The summed E-state index contributed by atoms with van der Waals surface area (Å²) in [6.45, 7) is 4.81. The van der Waals surface area contributed by atoms with Gasteiger partial charge in [-0.1, -0.05) is 18.2 Å². The Bertz CT molecular complexity index is 597. The number of benzene rings is 1. The normalized spacial score (nSPS) is 9.83. The Kier molecular flexibility index (Phi) is 3.59. The molecule has 0 aliphatic heterocycles. The Hall–Kier alpha value is -2.34. The minimum atomic E-state index is 0.697. The van der Waals surface area contributed by atoms with Crippen LogP contribution >= 0.6 is 0 Å². The Balaban J connectivity index is 2.42. The van der Waals surface area contributed by atoms with Crippen molar-refractivity contribution < 1.29 is 0 Å². The second-order valence-electron chi connectivity index (χ2n) is 4.08. The Labute approximate surface area is 107 Å². The van der Waals surface area contributed by atoms with Gasteiger partial charge >= 0.3 is 0 Å². The van der Waals surface area contributed by atoms with E-state index in [-0.39, 0.29) is 0 Å². The first kappa shape index (κ1) is 12.1. The molecule has 1 aromatic heterocycles. The molecule has 0 amide bonds. The van der Waals surface area contributed by atoms with Crippen LogP contribution in [0.4, 0.5) is 5.82 Å². The predicted octanol–water partition coefficient (Wildman–Crippen LogP) is 3.36. The fourth-order valence-corrected chi connectivity index (χ4v) is 1.78. The van der Waals surface area contributed by atoms with Crippen LogP contribution in [0.1, 0.15) is 18.1 Å². The van der Waals surface area contributed by atoms with Crippen molar-refractivity contribution in [1.82, 2.24) is 4.98 Å². The lowest BCUT2D eigenvalue weighted by Crippen LogP contribution is -1.99. The van der Waals surface area contributed by atoms with Gasteiger partial charge in [0.05, 0.1) is 17.3 Å². The molecule has 0 spiro atoms. The standard InChI is InChI=1S/C15H15N3/c1-3-17-15-6-4-5-14(18-15)12-8-7-11(2)13(9-12)10-16/h4-9H,3H2,1-2H3,(H,17,18). The maximum Gasteiger partial charge on any atom is 0.126 e. The maximum atomic E-state index is 9.05. The minimum Gasteiger partial charge on any atom is -0.370 e. The van der Waals surface area contributed by atoms with E-state index in [0.717, 1.165) is 29.2 Å². The molecule has 0 saturated heterocycles.